The van der Waals surface area contributed by atoms with Gasteiger partial charge in [-0.15, -0.1) is 0 Å². The zero-order valence-electron chi connectivity index (χ0n) is 14.5. The highest BCUT2D eigenvalue weighted by Crippen LogP contribution is 2.18. The standard InChI is InChI=1S/C18H19N3O4/c1-11(2)24-17(22)14-5-15(18(23)25-12(3)4)7-16(6-14)21-10-13(8-19)9-20/h5-7,10-12,21H,1-4H3. The van der Waals surface area contributed by atoms with Crippen molar-refractivity contribution in [2.24, 2.45) is 0 Å². The van der Waals surface area contributed by atoms with Crippen molar-refractivity contribution in [2.45, 2.75) is 39.9 Å². The van der Waals surface area contributed by atoms with Crippen molar-refractivity contribution in [3.05, 3.63) is 41.1 Å². The lowest BCUT2D eigenvalue weighted by molar-refractivity contribution is 0.0377. The molecule has 25 heavy (non-hydrogen) atoms. The fourth-order valence-electron chi connectivity index (χ4n) is 1.76. The van der Waals surface area contributed by atoms with Crippen LogP contribution < -0.4 is 5.32 Å². The number of ether oxygens (including phenoxy) is 2. The lowest BCUT2D eigenvalue weighted by Gasteiger charge is -2.12. The second-order valence-electron chi connectivity index (χ2n) is 5.63. The predicted octanol–water partition coefficient (Wildman–Crippen LogP) is 3.16. The second kappa shape index (κ2) is 9.09. The molecule has 0 unspecified atom stereocenters. The largest absolute Gasteiger partial charge is 0.459 e. The molecule has 0 fully saturated rings. The van der Waals surface area contributed by atoms with Crippen LogP contribution in [0, 0.1) is 22.7 Å². The van der Waals surface area contributed by atoms with Crippen molar-refractivity contribution in [2.75, 3.05) is 5.32 Å². The molecule has 0 bridgehead atoms. The van der Waals surface area contributed by atoms with E-state index < -0.39 is 11.9 Å². The zero-order chi connectivity index (χ0) is 19.0. The molecule has 7 nitrogen and oxygen atoms in total. The highest BCUT2D eigenvalue weighted by Gasteiger charge is 2.16. The summed E-state index contributed by atoms with van der Waals surface area (Å²) < 4.78 is 10.3. The molecule has 0 saturated heterocycles. The van der Waals surface area contributed by atoms with E-state index in [-0.39, 0.29) is 28.9 Å². The molecule has 0 heterocycles. The van der Waals surface area contributed by atoms with Gasteiger partial charge in [-0.1, -0.05) is 0 Å². The molecule has 0 aromatic heterocycles. The maximum atomic E-state index is 12.1. The summed E-state index contributed by atoms with van der Waals surface area (Å²) in [5, 5.41) is 20.2. The van der Waals surface area contributed by atoms with Crippen molar-refractivity contribution in [3.63, 3.8) is 0 Å². The normalized spacial score (nSPS) is 9.76. The van der Waals surface area contributed by atoms with Gasteiger partial charge in [0.25, 0.3) is 0 Å². The van der Waals surface area contributed by atoms with Crippen LogP contribution >= 0.6 is 0 Å². The third-order valence-corrected chi connectivity index (χ3v) is 2.71. The monoisotopic (exact) mass is 341 g/mol. The molecular formula is C18H19N3O4. The summed E-state index contributed by atoms with van der Waals surface area (Å²) in [4.78, 5) is 24.3. The Balaban J connectivity index is 3.25. The van der Waals surface area contributed by atoms with E-state index in [1.54, 1.807) is 39.8 Å². The smallest absolute Gasteiger partial charge is 0.338 e. The first-order valence-electron chi connectivity index (χ1n) is 7.60. The molecule has 0 aliphatic heterocycles. The van der Waals surface area contributed by atoms with E-state index in [0.29, 0.717) is 5.69 Å². The fourth-order valence-corrected chi connectivity index (χ4v) is 1.76. The van der Waals surface area contributed by atoms with Gasteiger partial charge in [0.05, 0.1) is 23.3 Å². The fraction of sp³-hybridized carbons (Fsp3) is 0.333. The number of esters is 2. The molecule has 1 N–H and O–H groups in total. The first kappa shape index (κ1) is 19.7. The van der Waals surface area contributed by atoms with Crippen LogP contribution in [0.15, 0.2) is 30.0 Å². The van der Waals surface area contributed by atoms with Gasteiger partial charge in [-0.25, -0.2) is 9.59 Å². The van der Waals surface area contributed by atoms with Crippen LogP contribution in [0.2, 0.25) is 0 Å². The van der Waals surface area contributed by atoms with Gasteiger partial charge in [0.15, 0.2) is 0 Å². The van der Waals surface area contributed by atoms with Crippen molar-refractivity contribution >= 4 is 17.6 Å². The molecule has 0 radical (unpaired) electrons. The minimum atomic E-state index is -0.595. The van der Waals surface area contributed by atoms with E-state index in [1.165, 1.54) is 24.4 Å². The molecule has 1 aromatic rings. The molecule has 7 heteroatoms. The Hall–Kier alpha value is -3.32. The highest BCUT2D eigenvalue weighted by atomic mass is 16.5. The average molecular weight is 341 g/mol. The van der Waals surface area contributed by atoms with Gasteiger partial charge in [0.1, 0.15) is 17.7 Å². The minimum absolute atomic E-state index is 0.151. The molecule has 130 valence electrons. The molecule has 0 aliphatic carbocycles. The maximum absolute atomic E-state index is 12.1. The molecular weight excluding hydrogens is 322 g/mol. The topological polar surface area (TPSA) is 112 Å². The third-order valence-electron chi connectivity index (χ3n) is 2.71. The Labute approximate surface area is 146 Å². The van der Waals surface area contributed by atoms with Crippen molar-refractivity contribution in [1.29, 1.82) is 10.5 Å². The molecule has 1 aromatic carbocycles. The number of nitriles is 2. The van der Waals surface area contributed by atoms with Gasteiger partial charge in [-0.3, -0.25) is 0 Å². The summed E-state index contributed by atoms with van der Waals surface area (Å²) in [6.45, 7) is 6.84. The number of nitrogens with zero attached hydrogens (tertiary/aromatic N) is 2. The summed E-state index contributed by atoms with van der Waals surface area (Å²) >= 11 is 0. The van der Waals surface area contributed by atoms with E-state index in [4.69, 9.17) is 20.0 Å². The first-order chi connectivity index (χ1) is 11.8. The number of carbonyl (C=O) groups is 2. The lowest BCUT2D eigenvalue weighted by Crippen LogP contribution is -2.15. The highest BCUT2D eigenvalue weighted by molar-refractivity contribution is 5.97. The number of hydrogen-bond donors (Lipinski definition) is 1. The quantitative estimate of drug-likeness (QED) is 0.624. The number of carbonyl (C=O) groups excluding carboxylic acids is 2. The summed E-state index contributed by atoms with van der Waals surface area (Å²) in [5.74, 6) is -1.19. The van der Waals surface area contributed by atoms with Crippen LogP contribution in [0.1, 0.15) is 48.4 Å². The number of nitrogens with one attached hydrogen (secondary N) is 1. The Kier molecular flexibility index (Phi) is 7.17. The van der Waals surface area contributed by atoms with Gasteiger partial charge in [-0.05, 0) is 45.9 Å². The van der Waals surface area contributed by atoms with Gasteiger partial charge >= 0.3 is 11.9 Å². The molecule has 0 atom stereocenters. The number of rotatable bonds is 6. The molecule has 0 amide bonds. The first-order valence-corrected chi connectivity index (χ1v) is 7.60. The van der Waals surface area contributed by atoms with Crippen molar-refractivity contribution in [1.82, 2.24) is 0 Å². The average Bonchev–Trinajstić information content (AvgIpc) is 2.54. The Morgan fingerprint density at radius 1 is 0.960 bits per heavy atom. The van der Waals surface area contributed by atoms with Crippen LogP contribution in [0.5, 0.6) is 0 Å². The van der Waals surface area contributed by atoms with Gasteiger partial charge in [-0.2, -0.15) is 10.5 Å². The SMILES string of the molecule is CC(C)OC(=O)c1cc(NC=C(C#N)C#N)cc(C(=O)OC(C)C)c1. The van der Waals surface area contributed by atoms with Gasteiger partial charge < -0.3 is 14.8 Å². The number of benzene rings is 1. The summed E-state index contributed by atoms with van der Waals surface area (Å²) in [6.07, 6.45) is 0.544. The van der Waals surface area contributed by atoms with E-state index in [2.05, 4.69) is 5.32 Å². The lowest BCUT2D eigenvalue weighted by atomic mass is 10.1. The summed E-state index contributed by atoms with van der Waals surface area (Å²) in [5.41, 5.74) is 0.495. The van der Waals surface area contributed by atoms with Crippen LogP contribution in [-0.2, 0) is 9.47 Å². The van der Waals surface area contributed by atoms with Crippen molar-refractivity contribution < 1.29 is 19.1 Å². The van der Waals surface area contributed by atoms with E-state index >= 15 is 0 Å². The van der Waals surface area contributed by atoms with Gasteiger partial charge in [0, 0.05) is 11.9 Å². The molecule has 1 rings (SSSR count). The Morgan fingerprint density at radius 3 is 1.76 bits per heavy atom. The Morgan fingerprint density at radius 2 is 1.40 bits per heavy atom. The van der Waals surface area contributed by atoms with Crippen LogP contribution in [0.4, 0.5) is 5.69 Å². The molecule has 0 aliphatic rings. The number of anilines is 1. The van der Waals surface area contributed by atoms with Gasteiger partial charge in [0.2, 0.25) is 0 Å². The third kappa shape index (κ3) is 6.36. The van der Waals surface area contributed by atoms with Crippen LogP contribution in [-0.4, -0.2) is 24.1 Å². The Bertz CT molecular complexity index is 711. The van der Waals surface area contributed by atoms with E-state index in [0.717, 1.165) is 0 Å². The minimum Gasteiger partial charge on any atom is -0.459 e. The van der Waals surface area contributed by atoms with Crippen LogP contribution in [0.25, 0.3) is 0 Å². The van der Waals surface area contributed by atoms with Crippen molar-refractivity contribution in [3.8, 4) is 12.1 Å². The predicted molar refractivity (Wildman–Crippen MR) is 90.5 cm³/mol. The summed E-state index contributed by atoms with van der Waals surface area (Å²) in [6, 6.07) is 7.70. The second-order valence-corrected chi connectivity index (χ2v) is 5.63. The molecule has 0 saturated carbocycles. The van der Waals surface area contributed by atoms with E-state index in [1.807, 2.05) is 0 Å². The number of hydrogen-bond acceptors (Lipinski definition) is 7. The van der Waals surface area contributed by atoms with Crippen LogP contribution in [0.3, 0.4) is 0 Å². The number of allylic oxidation sites excluding steroid dienone is 1. The zero-order valence-corrected chi connectivity index (χ0v) is 14.5. The summed E-state index contributed by atoms with van der Waals surface area (Å²) in [7, 11) is 0. The maximum Gasteiger partial charge on any atom is 0.338 e. The van der Waals surface area contributed by atoms with E-state index in [9.17, 15) is 9.59 Å². The molecule has 0 spiro atoms.